The molecule has 0 radical (unpaired) electrons. The predicted octanol–water partition coefficient (Wildman–Crippen LogP) is 2.19. The molecule has 0 aromatic heterocycles. The lowest BCUT2D eigenvalue weighted by Gasteiger charge is -2.29. The summed E-state index contributed by atoms with van der Waals surface area (Å²) in [6, 6.07) is 0.745. The van der Waals surface area contributed by atoms with Gasteiger partial charge in [-0.25, -0.2) is 0 Å². The molecule has 0 bridgehead atoms. The van der Waals surface area contributed by atoms with Crippen LogP contribution in [0.5, 0.6) is 0 Å². The average molecular weight is 185 g/mol. The molecule has 2 heteroatoms. The van der Waals surface area contributed by atoms with Gasteiger partial charge in [-0.1, -0.05) is 19.8 Å². The molecule has 1 aliphatic carbocycles. The first-order valence-corrected chi connectivity index (χ1v) is 5.65. The van der Waals surface area contributed by atoms with Gasteiger partial charge < -0.3 is 10.1 Å². The van der Waals surface area contributed by atoms with Crippen LogP contribution in [0, 0.1) is 5.92 Å². The third-order valence-electron chi connectivity index (χ3n) is 2.97. The van der Waals surface area contributed by atoms with Crippen molar-refractivity contribution in [1.82, 2.24) is 5.32 Å². The van der Waals surface area contributed by atoms with Crippen LogP contribution in [0.2, 0.25) is 0 Å². The van der Waals surface area contributed by atoms with Crippen LogP contribution >= 0.6 is 0 Å². The van der Waals surface area contributed by atoms with E-state index in [4.69, 9.17) is 4.74 Å². The van der Waals surface area contributed by atoms with Gasteiger partial charge in [0.2, 0.25) is 0 Å². The van der Waals surface area contributed by atoms with Gasteiger partial charge in [-0.2, -0.15) is 0 Å². The number of hydrogen-bond acceptors (Lipinski definition) is 2. The molecule has 78 valence electrons. The van der Waals surface area contributed by atoms with Crippen LogP contribution in [0.4, 0.5) is 0 Å². The lowest BCUT2D eigenvalue weighted by Crippen LogP contribution is -2.38. The topological polar surface area (TPSA) is 21.3 Å². The summed E-state index contributed by atoms with van der Waals surface area (Å²) in [5.74, 6) is 0.857. The van der Waals surface area contributed by atoms with Crippen LogP contribution in [0.3, 0.4) is 0 Å². The van der Waals surface area contributed by atoms with E-state index in [2.05, 4.69) is 12.2 Å². The molecule has 0 saturated heterocycles. The van der Waals surface area contributed by atoms with E-state index in [-0.39, 0.29) is 0 Å². The fourth-order valence-electron chi connectivity index (χ4n) is 2.08. The minimum atomic E-state index is 0.745. The van der Waals surface area contributed by atoms with E-state index in [9.17, 15) is 0 Å². The molecule has 1 rings (SSSR count). The van der Waals surface area contributed by atoms with Crippen LogP contribution in [-0.4, -0.2) is 25.8 Å². The Labute approximate surface area is 82.0 Å². The largest absolute Gasteiger partial charge is 0.380 e. The number of ether oxygens (including phenoxy) is 1. The summed E-state index contributed by atoms with van der Waals surface area (Å²) in [6.45, 7) is 7.12. The van der Waals surface area contributed by atoms with Crippen molar-refractivity contribution in [3.63, 3.8) is 0 Å². The Bertz CT molecular complexity index is 127. The van der Waals surface area contributed by atoms with Gasteiger partial charge in [0.05, 0.1) is 6.61 Å². The maximum Gasteiger partial charge on any atom is 0.0590 e. The van der Waals surface area contributed by atoms with Crippen LogP contribution < -0.4 is 5.32 Å². The maximum absolute atomic E-state index is 5.30. The van der Waals surface area contributed by atoms with Crippen molar-refractivity contribution >= 4 is 0 Å². The Kier molecular flexibility index (Phi) is 5.40. The zero-order valence-corrected chi connectivity index (χ0v) is 9.01. The van der Waals surface area contributed by atoms with Crippen molar-refractivity contribution in [2.75, 3.05) is 19.8 Å². The lowest BCUT2D eigenvalue weighted by atomic mass is 9.86. The monoisotopic (exact) mass is 185 g/mol. The molecule has 2 atom stereocenters. The van der Waals surface area contributed by atoms with Crippen molar-refractivity contribution in [3.05, 3.63) is 0 Å². The highest BCUT2D eigenvalue weighted by atomic mass is 16.5. The summed E-state index contributed by atoms with van der Waals surface area (Å²) in [4.78, 5) is 0. The van der Waals surface area contributed by atoms with Crippen LogP contribution in [0.15, 0.2) is 0 Å². The van der Waals surface area contributed by atoms with Gasteiger partial charge >= 0.3 is 0 Å². The van der Waals surface area contributed by atoms with E-state index < -0.39 is 0 Å². The summed E-state index contributed by atoms with van der Waals surface area (Å²) in [5, 5.41) is 3.58. The Balaban J connectivity index is 2.05. The van der Waals surface area contributed by atoms with Crippen molar-refractivity contribution in [2.45, 2.75) is 45.6 Å². The summed E-state index contributed by atoms with van der Waals surface area (Å²) >= 11 is 0. The number of hydrogen-bond donors (Lipinski definition) is 1. The standard InChI is InChI=1S/C11H23NO/c1-3-13-9-8-12-11-7-5-4-6-10(11)2/h10-12H,3-9H2,1-2H3/t10-,11-/m1/s1. The molecular formula is C11H23NO. The van der Waals surface area contributed by atoms with E-state index in [1.807, 2.05) is 6.92 Å². The van der Waals surface area contributed by atoms with Crippen LogP contribution in [-0.2, 0) is 4.74 Å². The van der Waals surface area contributed by atoms with E-state index in [0.29, 0.717) is 0 Å². The maximum atomic E-state index is 5.30. The zero-order valence-electron chi connectivity index (χ0n) is 9.01. The minimum Gasteiger partial charge on any atom is -0.380 e. The van der Waals surface area contributed by atoms with Crippen molar-refractivity contribution < 1.29 is 4.74 Å². The first kappa shape index (κ1) is 11.0. The Morgan fingerprint density at radius 2 is 2.08 bits per heavy atom. The van der Waals surface area contributed by atoms with Crippen molar-refractivity contribution in [1.29, 1.82) is 0 Å². The molecule has 0 amide bonds. The summed E-state index contributed by atoms with van der Waals surface area (Å²) in [7, 11) is 0. The van der Waals surface area contributed by atoms with Crippen molar-refractivity contribution in [3.8, 4) is 0 Å². The van der Waals surface area contributed by atoms with E-state index >= 15 is 0 Å². The number of rotatable bonds is 5. The lowest BCUT2D eigenvalue weighted by molar-refractivity contribution is 0.141. The second-order valence-electron chi connectivity index (χ2n) is 4.02. The second kappa shape index (κ2) is 6.39. The Hall–Kier alpha value is -0.0800. The van der Waals surface area contributed by atoms with Crippen LogP contribution in [0.1, 0.15) is 39.5 Å². The fraction of sp³-hybridized carbons (Fsp3) is 1.00. The Morgan fingerprint density at radius 3 is 2.77 bits per heavy atom. The summed E-state index contributed by atoms with van der Waals surface area (Å²) < 4.78 is 5.30. The molecule has 0 spiro atoms. The third kappa shape index (κ3) is 4.10. The normalized spacial score (nSPS) is 29.1. The highest BCUT2D eigenvalue weighted by Crippen LogP contribution is 2.23. The van der Waals surface area contributed by atoms with Gasteiger partial charge in [0.15, 0.2) is 0 Å². The molecule has 0 aliphatic heterocycles. The van der Waals surface area contributed by atoms with Gasteiger partial charge in [-0.05, 0) is 25.7 Å². The van der Waals surface area contributed by atoms with Gasteiger partial charge in [0, 0.05) is 19.2 Å². The van der Waals surface area contributed by atoms with Gasteiger partial charge in [-0.3, -0.25) is 0 Å². The van der Waals surface area contributed by atoms with E-state index in [0.717, 1.165) is 31.7 Å². The molecule has 0 aromatic carbocycles. The zero-order chi connectivity index (χ0) is 9.52. The van der Waals surface area contributed by atoms with E-state index in [1.54, 1.807) is 0 Å². The van der Waals surface area contributed by atoms with Gasteiger partial charge in [0.25, 0.3) is 0 Å². The molecule has 1 N–H and O–H groups in total. The van der Waals surface area contributed by atoms with Crippen molar-refractivity contribution in [2.24, 2.45) is 5.92 Å². The third-order valence-corrected chi connectivity index (χ3v) is 2.97. The molecule has 13 heavy (non-hydrogen) atoms. The first-order valence-electron chi connectivity index (χ1n) is 5.65. The van der Waals surface area contributed by atoms with Crippen LogP contribution in [0.25, 0.3) is 0 Å². The minimum absolute atomic E-state index is 0.745. The highest BCUT2D eigenvalue weighted by molar-refractivity contribution is 4.77. The van der Waals surface area contributed by atoms with Gasteiger partial charge in [0.1, 0.15) is 0 Å². The molecule has 0 unspecified atom stereocenters. The molecule has 2 nitrogen and oxygen atoms in total. The summed E-state index contributed by atoms with van der Waals surface area (Å²) in [6.07, 6.45) is 5.57. The van der Waals surface area contributed by atoms with Gasteiger partial charge in [-0.15, -0.1) is 0 Å². The first-order chi connectivity index (χ1) is 6.34. The summed E-state index contributed by atoms with van der Waals surface area (Å²) in [5.41, 5.74) is 0. The molecule has 0 aromatic rings. The fourth-order valence-corrected chi connectivity index (χ4v) is 2.08. The molecule has 1 fully saturated rings. The Morgan fingerprint density at radius 1 is 1.31 bits per heavy atom. The highest BCUT2D eigenvalue weighted by Gasteiger charge is 2.19. The predicted molar refractivity (Wildman–Crippen MR) is 55.9 cm³/mol. The molecule has 0 heterocycles. The number of nitrogens with one attached hydrogen (secondary N) is 1. The molecule has 1 aliphatic rings. The smallest absolute Gasteiger partial charge is 0.0590 e. The average Bonchev–Trinajstić information content (AvgIpc) is 2.15. The molecular weight excluding hydrogens is 162 g/mol. The second-order valence-corrected chi connectivity index (χ2v) is 4.02. The molecule has 1 saturated carbocycles. The quantitative estimate of drug-likeness (QED) is 0.663. The SMILES string of the molecule is CCOCCN[C@@H]1CCCC[C@H]1C. The van der Waals surface area contributed by atoms with E-state index in [1.165, 1.54) is 25.7 Å².